The maximum absolute atomic E-state index is 13.0. The minimum atomic E-state index is -0.835. The molecule has 1 saturated heterocycles. The molecular formula is C19H19N3O3S. The zero-order valence-corrected chi connectivity index (χ0v) is 15.3. The Morgan fingerprint density at radius 1 is 1.12 bits per heavy atom. The summed E-state index contributed by atoms with van der Waals surface area (Å²) in [4.78, 5) is 39.8. The van der Waals surface area contributed by atoms with Crippen molar-refractivity contribution in [1.82, 2.24) is 0 Å². The molecule has 1 heterocycles. The summed E-state index contributed by atoms with van der Waals surface area (Å²) in [6.45, 7) is 3.70. The zero-order chi connectivity index (χ0) is 18.8. The van der Waals surface area contributed by atoms with Gasteiger partial charge < -0.3 is 10.6 Å². The molecule has 0 aromatic heterocycles. The maximum Gasteiger partial charge on any atom is 0.295 e. The van der Waals surface area contributed by atoms with Crippen LogP contribution in [0, 0.1) is 13.8 Å². The standard InChI is InChI=1S/C19H19N3O3S/c1-12-6-8-14(9-7-12)22-17(24)18(26-19(22)25)21(11-16(20)23)15-5-3-4-13(2)10-15/h3-10,18H,11H2,1-2H3,(H2,20,23)/t18-/m1/s1. The molecule has 1 atom stereocenters. The van der Waals surface area contributed by atoms with Gasteiger partial charge in [-0.2, -0.15) is 0 Å². The molecule has 1 aliphatic rings. The molecule has 3 amide bonds. The largest absolute Gasteiger partial charge is 0.368 e. The van der Waals surface area contributed by atoms with Crippen LogP contribution in [0.2, 0.25) is 0 Å². The number of imide groups is 1. The highest BCUT2D eigenvalue weighted by atomic mass is 32.2. The van der Waals surface area contributed by atoms with Crippen LogP contribution in [0.25, 0.3) is 0 Å². The van der Waals surface area contributed by atoms with Crippen LogP contribution in [0.15, 0.2) is 48.5 Å². The van der Waals surface area contributed by atoms with Gasteiger partial charge in [0.1, 0.15) is 0 Å². The monoisotopic (exact) mass is 369 g/mol. The summed E-state index contributed by atoms with van der Waals surface area (Å²) >= 11 is 0.887. The smallest absolute Gasteiger partial charge is 0.295 e. The number of thioether (sulfide) groups is 1. The predicted molar refractivity (Wildman–Crippen MR) is 103 cm³/mol. The fourth-order valence-electron chi connectivity index (χ4n) is 2.81. The van der Waals surface area contributed by atoms with Gasteiger partial charge in [-0.3, -0.25) is 14.4 Å². The third-order valence-corrected chi connectivity index (χ3v) is 5.12. The fraction of sp³-hybridized carbons (Fsp3) is 0.211. The number of hydrogen-bond acceptors (Lipinski definition) is 5. The van der Waals surface area contributed by atoms with Crippen molar-refractivity contribution in [3.05, 3.63) is 59.7 Å². The predicted octanol–water partition coefficient (Wildman–Crippen LogP) is 2.82. The second-order valence-corrected chi connectivity index (χ2v) is 7.21. The summed E-state index contributed by atoms with van der Waals surface area (Å²) < 4.78 is 0. The Labute approximate surface area is 156 Å². The molecule has 6 nitrogen and oxygen atoms in total. The molecule has 0 spiro atoms. The molecule has 2 aromatic carbocycles. The molecule has 2 aromatic rings. The topological polar surface area (TPSA) is 83.7 Å². The minimum Gasteiger partial charge on any atom is -0.368 e. The highest BCUT2D eigenvalue weighted by molar-refractivity contribution is 8.16. The number of carbonyl (C=O) groups excluding carboxylic acids is 3. The Kier molecular flexibility index (Phi) is 4.99. The van der Waals surface area contributed by atoms with E-state index in [1.165, 1.54) is 0 Å². The fourth-order valence-corrected chi connectivity index (χ4v) is 3.83. The van der Waals surface area contributed by atoms with Crippen molar-refractivity contribution in [2.24, 2.45) is 5.73 Å². The summed E-state index contributed by atoms with van der Waals surface area (Å²) in [7, 11) is 0. The van der Waals surface area contributed by atoms with E-state index in [1.54, 1.807) is 23.1 Å². The number of benzene rings is 2. The average Bonchev–Trinajstić information content (AvgIpc) is 2.88. The molecule has 7 heteroatoms. The zero-order valence-electron chi connectivity index (χ0n) is 14.5. The van der Waals surface area contributed by atoms with Crippen molar-refractivity contribution in [2.45, 2.75) is 19.2 Å². The van der Waals surface area contributed by atoms with Gasteiger partial charge in [0.25, 0.3) is 11.1 Å². The van der Waals surface area contributed by atoms with Crippen LogP contribution in [0.1, 0.15) is 11.1 Å². The van der Waals surface area contributed by atoms with Crippen LogP contribution >= 0.6 is 11.8 Å². The molecule has 0 aliphatic carbocycles. The summed E-state index contributed by atoms with van der Waals surface area (Å²) in [5.74, 6) is -0.951. The first-order valence-corrected chi connectivity index (χ1v) is 8.97. The van der Waals surface area contributed by atoms with Crippen molar-refractivity contribution < 1.29 is 14.4 Å². The van der Waals surface area contributed by atoms with Crippen LogP contribution in [0.5, 0.6) is 0 Å². The second kappa shape index (κ2) is 7.21. The van der Waals surface area contributed by atoms with Crippen molar-refractivity contribution in [3.63, 3.8) is 0 Å². The first kappa shape index (κ1) is 18.0. The molecular weight excluding hydrogens is 350 g/mol. The van der Waals surface area contributed by atoms with Gasteiger partial charge in [-0.1, -0.05) is 29.8 Å². The number of carbonyl (C=O) groups is 3. The van der Waals surface area contributed by atoms with Crippen LogP contribution in [0.4, 0.5) is 16.2 Å². The van der Waals surface area contributed by atoms with E-state index in [0.717, 1.165) is 27.8 Å². The third kappa shape index (κ3) is 3.57. The maximum atomic E-state index is 13.0. The average molecular weight is 369 g/mol. The van der Waals surface area contributed by atoms with Crippen LogP contribution < -0.4 is 15.5 Å². The molecule has 1 fully saturated rings. The van der Waals surface area contributed by atoms with Gasteiger partial charge >= 0.3 is 0 Å². The second-order valence-electron chi connectivity index (χ2n) is 6.18. The summed E-state index contributed by atoms with van der Waals surface area (Å²) in [5, 5.41) is -1.20. The van der Waals surface area contributed by atoms with E-state index in [-0.39, 0.29) is 17.7 Å². The normalized spacial score (nSPS) is 16.8. The van der Waals surface area contributed by atoms with Gasteiger partial charge in [-0.05, 0) is 55.4 Å². The molecule has 134 valence electrons. The third-order valence-electron chi connectivity index (χ3n) is 4.06. The number of hydrogen-bond donors (Lipinski definition) is 1. The van der Waals surface area contributed by atoms with Gasteiger partial charge in [0.2, 0.25) is 5.91 Å². The van der Waals surface area contributed by atoms with Crippen molar-refractivity contribution in [1.29, 1.82) is 0 Å². The molecule has 0 saturated carbocycles. The minimum absolute atomic E-state index is 0.151. The first-order chi connectivity index (χ1) is 12.4. The highest BCUT2D eigenvalue weighted by Crippen LogP contribution is 2.35. The molecule has 0 bridgehead atoms. The van der Waals surface area contributed by atoms with E-state index >= 15 is 0 Å². The van der Waals surface area contributed by atoms with E-state index in [2.05, 4.69) is 0 Å². The van der Waals surface area contributed by atoms with E-state index in [9.17, 15) is 14.4 Å². The lowest BCUT2D eigenvalue weighted by atomic mass is 10.2. The summed E-state index contributed by atoms with van der Waals surface area (Å²) in [6.07, 6.45) is 0. The van der Waals surface area contributed by atoms with Crippen LogP contribution in [-0.2, 0) is 9.59 Å². The lowest BCUT2D eigenvalue weighted by molar-refractivity contribution is -0.117. The molecule has 1 aliphatic heterocycles. The summed E-state index contributed by atoms with van der Waals surface area (Å²) in [6, 6.07) is 14.6. The van der Waals surface area contributed by atoms with E-state index in [1.807, 2.05) is 44.2 Å². The van der Waals surface area contributed by atoms with E-state index in [0.29, 0.717) is 11.4 Å². The summed E-state index contributed by atoms with van der Waals surface area (Å²) in [5.41, 5.74) is 8.59. The number of nitrogens with zero attached hydrogens (tertiary/aromatic N) is 2. The van der Waals surface area contributed by atoms with Crippen LogP contribution in [-0.4, -0.2) is 29.0 Å². The Bertz CT molecular complexity index is 867. The molecule has 3 rings (SSSR count). The van der Waals surface area contributed by atoms with Gasteiger partial charge in [0.05, 0.1) is 12.2 Å². The van der Waals surface area contributed by atoms with Gasteiger partial charge in [0, 0.05) is 5.69 Å². The highest BCUT2D eigenvalue weighted by Gasteiger charge is 2.44. The quantitative estimate of drug-likeness (QED) is 0.876. The Hall–Kier alpha value is -2.80. The van der Waals surface area contributed by atoms with E-state index in [4.69, 9.17) is 5.73 Å². The van der Waals surface area contributed by atoms with Crippen molar-refractivity contribution in [3.8, 4) is 0 Å². The van der Waals surface area contributed by atoms with Gasteiger partial charge in [-0.25, -0.2) is 4.90 Å². The van der Waals surface area contributed by atoms with Gasteiger partial charge in [0.15, 0.2) is 5.37 Å². The van der Waals surface area contributed by atoms with E-state index < -0.39 is 11.3 Å². The number of nitrogens with two attached hydrogens (primary N) is 1. The number of amides is 3. The Morgan fingerprint density at radius 3 is 2.42 bits per heavy atom. The number of anilines is 2. The van der Waals surface area contributed by atoms with Crippen molar-refractivity contribution >= 4 is 40.2 Å². The van der Waals surface area contributed by atoms with Crippen molar-refractivity contribution in [2.75, 3.05) is 16.3 Å². The van der Waals surface area contributed by atoms with Gasteiger partial charge in [-0.15, -0.1) is 0 Å². The number of primary amides is 1. The Balaban J connectivity index is 1.95. The molecule has 26 heavy (non-hydrogen) atoms. The first-order valence-electron chi connectivity index (χ1n) is 8.09. The molecule has 2 N–H and O–H groups in total. The SMILES string of the molecule is Cc1ccc(N2C(=O)S[C@@H](N(CC(N)=O)c3cccc(C)c3)C2=O)cc1. The lowest BCUT2D eigenvalue weighted by Crippen LogP contribution is -2.45. The van der Waals surface area contributed by atoms with Crippen LogP contribution in [0.3, 0.4) is 0 Å². The molecule has 0 radical (unpaired) electrons. The molecule has 0 unspecified atom stereocenters. The number of rotatable bonds is 5. The lowest BCUT2D eigenvalue weighted by Gasteiger charge is -2.27. The Morgan fingerprint density at radius 2 is 1.81 bits per heavy atom. The number of aryl methyl sites for hydroxylation is 2.